The summed E-state index contributed by atoms with van der Waals surface area (Å²) in [6.45, 7) is 6.40. The number of aromatic hydroxyl groups is 1. The maximum atomic E-state index is 13.0. The number of carbonyl (C=O) groups excluding carboxylic acids is 1. The second-order valence-electron chi connectivity index (χ2n) is 7.65. The van der Waals surface area contributed by atoms with E-state index in [0.717, 1.165) is 6.07 Å². The molecule has 1 aliphatic heterocycles. The van der Waals surface area contributed by atoms with Crippen LogP contribution in [-0.4, -0.2) is 45.7 Å². The molecule has 1 aromatic carbocycles. The number of nitrogens with zero attached hydrogens (tertiary/aromatic N) is 3. The molecular weight excluding hydrogens is 409 g/mol. The molecule has 6 nitrogen and oxygen atoms in total. The van der Waals surface area contributed by atoms with Gasteiger partial charge in [0.15, 0.2) is 0 Å². The van der Waals surface area contributed by atoms with E-state index in [1.807, 2.05) is 6.92 Å². The fourth-order valence-electron chi connectivity index (χ4n) is 3.84. The van der Waals surface area contributed by atoms with E-state index in [0.29, 0.717) is 43.3 Å². The van der Waals surface area contributed by atoms with Gasteiger partial charge in [-0.3, -0.25) is 9.79 Å². The highest BCUT2D eigenvalue weighted by molar-refractivity contribution is 6.03. The van der Waals surface area contributed by atoms with Crippen molar-refractivity contribution in [2.24, 2.45) is 4.99 Å². The summed E-state index contributed by atoms with van der Waals surface area (Å²) in [4.78, 5) is 22.6. The minimum atomic E-state index is -4.55. The highest BCUT2D eigenvalue weighted by Crippen LogP contribution is 2.38. The van der Waals surface area contributed by atoms with Gasteiger partial charge < -0.3 is 15.7 Å². The molecule has 2 aromatic rings. The number of likely N-dealkylation sites (N-methyl/N-ethyl adjacent to an activating group) is 1. The minimum absolute atomic E-state index is 0.0297. The Balaban J connectivity index is 1.89. The van der Waals surface area contributed by atoms with Gasteiger partial charge >= 0.3 is 6.18 Å². The molecule has 3 N–H and O–H groups in total. The molecule has 2 heterocycles. The van der Waals surface area contributed by atoms with Gasteiger partial charge in [0.05, 0.1) is 17.3 Å². The lowest BCUT2D eigenvalue weighted by atomic mass is 9.99. The number of hydrogen-bond acceptors (Lipinski definition) is 5. The zero-order chi connectivity index (χ0) is 22.9. The van der Waals surface area contributed by atoms with E-state index in [1.54, 1.807) is 24.0 Å². The first kappa shape index (κ1) is 22.6. The number of anilines is 1. The number of nitrogens with two attached hydrogens (primary N) is 1. The number of pyridine rings is 1. The second kappa shape index (κ2) is 8.56. The third-order valence-corrected chi connectivity index (χ3v) is 5.45. The number of likely N-dealkylation sites (tertiary alicyclic amines) is 1. The van der Waals surface area contributed by atoms with Crippen molar-refractivity contribution in [3.63, 3.8) is 0 Å². The number of carbonyl (C=O) groups is 1. The molecule has 9 heteroatoms. The molecule has 31 heavy (non-hydrogen) atoms. The molecule has 1 unspecified atom stereocenters. The fraction of sp³-hybridized carbons (Fsp3) is 0.409. The lowest BCUT2D eigenvalue weighted by Crippen LogP contribution is -2.41. The Kier molecular flexibility index (Phi) is 6.24. The van der Waals surface area contributed by atoms with E-state index in [4.69, 9.17) is 10.7 Å². The predicted molar refractivity (Wildman–Crippen MR) is 113 cm³/mol. The number of aryl methyl sites for hydroxylation is 1. The minimum Gasteiger partial charge on any atom is -0.507 e. The lowest BCUT2D eigenvalue weighted by molar-refractivity contribution is -0.137. The summed E-state index contributed by atoms with van der Waals surface area (Å²) in [6, 6.07) is 4.92. The van der Waals surface area contributed by atoms with E-state index in [1.165, 1.54) is 6.92 Å². The molecule has 1 fully saturated rings. The van der Waals surface area contributed by atoms with Gasteiger partial charge in [-0.05, 0) is 57.0 Å². The van der Waals surface area contributed by atoms with Crippen LogP contribution in [-0.2, 0) is 11.0 Å². The molecule has 1 aromatic heterocycles. The molecule has 0 saturated carbocycles. The van der Waals surface area contributed by atoms with Gasteiger partial charge in [0.1, 0.15) is 11.6 Å². The molecule has 1 amide bonds. The van der Waals surface area contributed by atoms with Gasteiger partial charge in [-0.15, -0.1) is 0 Å². The van der Waals surface area contributed by atoms with Gasteiger partial charge in [0.2, 0.25) is 5.91 Å². The average molecular weight is 434 g/mol. The number of amides is 1. The van der Waals surface area contributed by atoms with Crippen molar-refractivity contribution in [3.8, 4) is 17.0 Å². The van der Waals surface area contributed by atoms with Crippen LogP contribution in [0.25, 0.3) is 11.3 Å². The zero-order valence-electron chi connectivity index (χ0n) is 17.6. The number of phenols is 1. The Morgan fingerprint density at radius 3 is 2.65 bits per heavy atom. The number of rotatable bonds is 4. The molecule has 1 saturated heterocycles. The van der Waals surface area contributed by atoms with Crippen LogP contribution in [0.1, 0.15) is 43.4 Å². The van der Waals surface area contributed by atoms with Crippen molar-refractivity contribution in [1.29, 1.82) is 0 Å². The van der Waals surface area contributed by atoms with E-state index < -0.39 is 17.5 Å². The Morgan fingerprint density at radius 1 is 1.35 bits per heavy atom. The number of benzene rings is 1. The van der Waals surface area contributed by atoms with Gasteiger partial charge in [-0.25, -0.2) is 4.98 Å². The standard InChI is InChI=1S/C22H25F3N4O2/c1-4-29-11-15(5-8-19(29)31)27-13(3)16-6-7-17(28-21(16)26)20-12(2)9-14(10-18(20)30)22(23,24)25/h6-7,9-10,15,30H,4-5,8,11H2,1-3H3,(H2,26,28). The largest absolute Gasteiger partial charge is 0.507 e. The molecule has 1 aliphatic rings. The van der Waals surface area contributed by atoms with Gasteiger partial charge in [-0.2, -0.15) is 13.2 Å². The molecule has 3 rings (SSSR count). The molecule has 0 spiro atoms. The Labute approximate surface area is 178 Å². The number of aromatic nitrogens is 1. The molecule has 1 atom stereocenters. The summed E-state index contributed by atoms with van der Waals surface area (Å²) < 4.78 is 38.9. The van der Waals surface area contributed by atoms with Crippen LogP contribution in [0.15, 0.2) is 29.3 Å². The lowest BCUT2D eigenvalue weighted by Gasteiger charge is -2.30. The van der Waals surface area contributed by atoms with Crippen LogP contribution < -0.4 is 5.73 Å². The van der Waals surface area contributed by atoms with Gasteiger partial charge in [0.25, 0.3) is 0 Å². The Bertz CT molecular complexity index is 1010. The highest BCUT2D eigenvalue weighted by atomic mass is 19.4. The quantitative estimate of drug-likeness (QED) is 0.706. The number of piperidine rings is 1. The smallest absolute Gasteiger partial charge is 0.416 e. The zero-order valence-corrected chi connectivity index (χ0v) is 17.6. The summed E-state index contributed by atoms with van der Waals surface area (Å²) in [5, 5.41) is 10.2. The predicted octanol–water partition coefficient (Wildman–Crippen LogP) is 4.18. The van der Waals surface area contributed by atoms with Crippen molar-refractivity contribution >= 4 is 17.4 Å². The summed E-state index contributed by atoms with van der Waals surface area (Å²) in [6.07, 6.45) is -3.44. The van der Waals surface area contributed by atoms with Crippen molar-refractivity contribution in [3.05, 3.63) is 41.0 Å². The number of alkyl halides is 3. The maximum absolute atomic E-state index is 13.0. The van der Waals surface area contributed by atoms with Crippen LogP contribution in [0, 0.1) is 6.92 Å². The number of aliphatic imine (C=N–C) groups is 1. The van der Waals surface area contributed by atoms with Crippen LogP contribution >= 0.6 is 0 Å². The van der Waals surface area contributed by atoms with E-state index in [-0.39, 0.29) is 34.6 Å². The van der Waals surface area contributed by atoms with Crippen molar-refractivity contribution in [1.82, 2.24) is 9.88 Å². The number of phenolic OH excluding ortho intramolecular Hbond substituents is 1. The summed E-state index contributed by atoms with van der Waals surface area (Å²) >= 11 is 0. The van der Waals surface area contributed by atoms with Crippen molar-refractivity contribution in [2.45, 2.75) is 45.8 Å². The van der Waals surface area contributed by atoms with E-state index in [2.05, 4.69) is 4.98 Å². The molecule has 0 aliphatic carbocycles. The first-order chi connectivity index (χ1) is 14.5. The monoisotopic (exact) mass is 434 g/mol. The third-order valence-electron chi connectivity index (χ3n) is 5.45. The van der Waals surface area contributed by atoms with Crippen molar-refractivity contribution < 1.29 is 23.1 Å². The number of halogens is 3. The van der Waals surface area contributed by atoms with Crippen LogP contribution in [0.5, 0.6) is 5.75 Å². The fourth-order valence-corrected chi connectivity index (χ4v) is 3.84. The summed E-state index contributed by atoms with van der Waals surface area (Å²) in [7, 11) is 0. The maximum Gasteiger partial charge on any atom is 0.416 e. The molecule has 166 valence electrons. The van der Waals surface area contributed by atoms with Gasteiger partial charge in [-0.1, -0.05) is 0 Å². The van der Waals surface area contributed by atoms with Crippen LogP contribution in [0.3, 0.4) is 0 Å². The normalized spacial score (nSPS) is 17.9. The average Bonchev–Trinajstić information content (AvgIpc) is 2.68. The SMILES string of the molecule is CCN1CC(N=C(C)c2ccc(-c3c(C)cc(C(F)(F)F)cc3O)nc2N)CCC1=O. The van der Waals surface area contributed by atoms with Crippen molar-refractivity contribution in [2.75, 3.05) is 18.8 Å². The highest BCUT2D eigenvalue weighted by Gasteiger charge is 2.32. The van der Waals surface area contributed by atoms with E-state index >= 15 is 0 Å². The second-order valence-corrected chi connectivity index (χ2v) is 7.65. The summed E-state index contributed by atoms with van der Waals surface area (Å²) in [5.41, 5.74) is 7.18. The Hall–Kier alpha value is -3.10. The first-order valence-electron chi connectivity index (χ1n) is 10.0. The van der Waals surface area contributed by atoms with Crippen LogP contribution in [0.2, 0.25) is 0 Å². The third kappa shape index (κ3) is 4.81. The molecule has 0 bridgehead atoms. The van der Waals surface area contributed by atoms with Gasteiger partial charge in [0, 0.05) is 36.3 Å². The molecule has 0 radical (unpaired) electrons. The number of nitrogen functional groups attached to an aromatic ring is 1. The number of hydrogen-bond donors (Lipinski definition) is 2. The molecular formula is C22H25F3N4O2. The van der Waals surface area contributed by atoms with Crippen LogP contribution in [0.4, 0.5) is 19.0 Å². The topological polar surface area (TPSA) is 91.8 Å². The summed E-state index contributed by atoms with van der Waals surface area (Å²) in [5.74, 6) is -0.218. The Morgan fingerprint density at radius 2 is 2.06 bits per heavy atom. The first-order valence-corrected chi connectivity index (χ1v) is 10.0. The van der Waals surface area contributed by atoms with E-state index in [9.17, 15) is 23.1 Å².